The van der Waals surface area contributed by atoms with Gasteiger partial charge >= 0.3 is 0 Å². The normalized spacial score (nSPS) is 11.7. The Hall–Kier alpha value is -7.88. The maximum absolute atomic E-state index is 6.83. The Balaban J connectivity index is 1.08. The number of aromatic nitrogens is 1. The van der Waals surface area contributed by atoms with Crippen LogP contribution in [0.4, 0.5) is 17.1 Å². The van der Waals surface area contributed by atoms with E-state index in [9.17, 15) is 0 Å². The molecule has 0 spiro atoms. The van der Waals surface area contributed by atoms with Crippen LogP contribution in [0.1, 0.15) is 0 Å². The highest BCUT2D eigenvalue weighted by atomic mass is 16.3. The van der Waals surface area contributed by atoms with E-state index >= 15 is 0 Å². The predicted molar refractivity (Wildman–Crippen MR) is 249 cm³/mol. The molecule has 0 aliphatic heterocycles. The molecule has 0 amide bonds. The van der Waals surface area contributed by atoms with Crippen molar-refractivity contribution in [3.8, 4) is 27.9 Å². The van der Waals surface area contributed by atoms with Gasteiger partial charge in [-0.15, -0.1) is 0 Å². The fourth-order valence-electron chi connectivity index (χ4n) is 9.29. The molecule has 0 saturated carbocycles. The second-order valence-electron chi connectivity index (χ2n) is 15.3. The number of hydrogen-bond acceptors (Lipinski definition) is 2. The molecule has 2 heterocycles. The first-order chi connectivity index (χ1) is 29.3. The largest absolute Gasteiger partial charge is 0.456 e. The second kappa shape index (κ2) is 13.4. The number of furan rings is 1. The lowest BCUT2D eigenvalue weighted by Gasteiger charge is -2.27. The number of para-hydroxylation sites is 2. The van der Waals surface area contributed by atoms with E-state index in [1.807, 2.05) is 0 Å². The van der Waals surface area contributed by atoms with Crippen molar-refractivity contribution in [2.24, 2.45) is 0 Å². The summed E-state index contributed by atoms with van der Waals surface area (Å²) in [5.74, 6) is 0. The third-order valence-corrected chi connectivity index (χ3v) is 12.0. The van der Waals surface area contributed by atoms with Crippen molar-refractivity contribution in [2.75, 3.05) is 4.90 Å². The first-order valence-electron chi connectivity index (χ1n) is 20.2. The van der Waals surface area contributed by atoms with Gasteiger partial charge in [0.05, 0.1) is 22.1 Å². The third kappa shape index (κ3) is 5.36. The topological polar surface area (TPSA) is 21.3 Å². The van der Waals surface area contributed by atoms with Gasteiger partial charge in [-0.3, -0.25) is 0 Å². The summed E-state index contributed by atoms with van der Waals surface area (Å²) >= 11 is 0. The lowest BCUT2D eigenvalue weighted by atomic mass is 9.93. The van der Waals surface area contributed by atoms with Gasteiger partial charge in [-0.2, -0.15) is 0 Å². The van der Waals surface area contributed by atoms with E-state index in [2.05, 4.69) is 228 Å². The molecule has 0 aliphatic carbocycles. The molecule has 2 aromatic heterocycles. The molecule has 0 radical (unpaired) electrons. The van der Waals surface area contributed by atoms with Gasteiger partial charge in [-0.1, -0.05) is 152 Å². The summed E-state index contributed by atoms with van der Waals surface area (Å²) < 4.78 is 9.22. The number of anilines is 3. The quantitative estimate of drug-likeness (QED) is 0.158. The van der Waals surface area contributed by atoms with E-state index in [-0.39, 0.29) is 0 Å². The molecule has 3 nitrogen and oxygen atoms in total. The summed E-state index contributed by atoms with van der Waals surface area (Å²) in [6, 6.07) is 78.6. The molecule has 276 valence electrons. The molecule has 12 aromatic rings. The van der Waals surface area contributed by atoms with Crippen LogP contribution in [0, 0.1) is 0 Å². The molecule has 10 aromatic carbocycles. The van der Waals surface area contributed by atoms with Crippen LogP contribution in [0.5, 0.6) is 0 Å². The smallest absolute Gasteiger partial charge is 0.137 e. The molecular weight excluding hydrogens is 717 g/mol. The van der Waals surface area contributed by atoms with Gasteiger partial charge < -0.3 is 13.9 Å². The van der Waals surface area contributed by atoms with Gasteiger partial charge in [0.25, 0.3) is 0 Å². The molecule has 0 atom stereocenters. The van der Waals surface area contributed by atoms with Crippen LogP contribution in [0.25, 0.3) is 93.2 Å². The molecule has 59 heavy (non-hydrogen) atoms. The average Bonchev–Trinajstić information content (AvgIpc) is 3.85. The third-order valence-electron chi connectivity index (χ3n) is 12.0. The van der Waals surface area contributed by atoms with E-state index < -0.39 is 0 Å². The first kappa shape index (κ1) is 33.3. The number of rotatable bonds is 6. The summed E-state index contributed by atoms with van der Waals surface area (Å²) in [4.78, 5) is 2.37. The fraction of sp³-hybridized carbons (Fsp3) is 0. The Kier molecular flexibility index (Phi) is 7.54. The van der Waals surface area contributed by atoms with Gasteiger partial charge in [-0.25, -0.2) is 0 Å². The Bertz CT molecular complexity index is 3510. The monoisotopic (exact) mass is 752 g/mol. The zero-order chi connectivity index (χ0) is 38.9. The van der Waals surface area contributed by atoms with Crippen LogP contribution < -0.4 is 4.90 Å². The summed E-state index contributed by atoms with van der Waals surface area (Å²) in [7, 11) is 0. The Morgan fingerprint density at radius 3 is 1.64 bits per heavy atom. The van der Waals surface area contributed by atoms with Crippen LogP contribution in [0.3, 0.4) is 0 Å². The number of hydrogen-bond donors (Lipinski definition) is 0. The van der Waals surface area contributed by atoms with E-state index in [4.69, 9.17) is 4.42 Å². The van der Waals surface area contributed by atoms with Crippen LogP contribution in [-0.4, -0.2) is 4.57 Å². The van der Waals surface area contributed by atoms with E-state index in [1.54, 1.807) is 0 Å². The molecule has 0 N–H and O–H groups in total. The maximum Gasteiger partial charge on any atom is 0.137 e. The standard InChI is InChI=1S/C56H36N2O/c1-3-14-37(15-4-1)45-31-29-42(35-50(45)38-16-5-2-6-17-38)57(41-28-32-46-40(34-41)27-26-39-18-7-8-19-44(39)46)43-30-33-49-55(36-43)59-54-25-13-24-53(56(49)54)58-51-22-11-9-20-47(51)48-21-10-12-23-52(48)58/h1-36H. The molecule has 0 unspecified atom stereocenters. The van der Waals surface area contributed by atoms with Crippen LogP contribution in [-0.2, 0) is 0 Å². The first-order valence-corrected chi connectivity index (χ1v) is 20.2. The molecule has 12 rings (SSSR count). The highest BCUT2D eigenvalue weighted by Crippen LogP contribution is 2.45. The van der Waals surface area contributed by atoms with Crippen molar-refractivity contribution in [3.05, 3.63) is 218 Å². The summed E-state index contributed by atoms with van der Waals surface area (Å²) in [5.41, 5.74) is 13.0. The van der Waals surface area contributed by atoms with Gasteiger partial charge in [0.15, 0.2) is 0 Å². The number of fused-ring (bicyclic) bond motifs is 9. The molecular formula is C56H36N2O. The van der Waals surface area contributed by atoms with Crippen molar-refractivity contribution < 1.29 is 4.42 Å². The van der Waals surface area contributed by atoms with Crippen molar-refractivity contribution in [3.63, 3.8) is 0 Å². The molecule has 0 aliphatic rings. The van der Waals surface area contributed by atoms with Crippen molar-refractivity contribution >= 4 is 82.4 Å². The van der Waals surface area contributed by atoms with Crippen molar-refractivity contribution in [1.29, 1.82) is 0 Å². The number of nitrogens with zero attached hydrogens (tertiary/aromatic N) is 2. The minimum atomic E-state index is 0.840. The fourth-order valence-corrected chi connectivity index (χ4v) is 9.29. The SMILES string of the molecule is c1ccc(-c2ccc(N(c3ccc4c(ccc5ccccc54)c3)c3ccc4c(c3)oc3cccc(-n5c6ccccc6c6ccccc65)c34)cc2-c2ccccc2)cc1. The lowest BCUT2D eigenvalue weighted by molar-refractivity contribution is 0.669. The van der Waals surface area contributed by atoms with Gasteiger partial charge in [-0.05, 0) is 104 Å². The predicted octanol–water partition coefficient (Wildman–Crippen LogP) is 15.8. The molecule has 0 saturated heterocycles. The molecule has 0 bridgehead atoms. The van der Waals surface area contributed by atoms with Gasteiger partial charge in [0, 0.05) is 39.3 Å². The maximum atomic E-state index is 6.83. The Labute approximate surface area is 341 Å². The summed E-state index contributed by atoms with van der Waals surface area (Å²) in [5, 5.41) is 9.58. The summed E-state index contributed by atoms with van der Waals surface area (Å²) in [6.45, 7) is 0. The lowest BCUT2D eigenvalue weighted by Crippen LogP contribution is -2.10. The van der Waals surface area contributed by atoms with Crippen LogP contribution in [0.2, 0.25) is 0 Å². The number of benzene rings is 10. The molecule has 3 heteroatoms. The average molecular weight is 753 g/mol. The summed E-state index contributed by atoms with van der Waals surface area (Å²) in [6.07, 6.45) is 0. The van der Waals surface area contributed by atoms with Crippen molar-refractivity contribution in [1.82, 2.24) is 4.57 Å². The van der Waals surface area contributed by atoms with Gasteiger partial charge in [0.2, 0.25) is 0 Å². The second-order valence-corrected chi connectivity index (χ2v) is 15.3. The minimum absolute atomic E-state index is 0.840. The molecule has 0 fully saturated rings. The van der Waals surface area contributed by atoms with Gasteiger partial charge in [0.1, 0.15) is 11.2 Å². The highest BCUT2D eigenvalue weighted by molar-refractivity contribution is 6.15. The van der Waals surface area contributed by atoms with E-state index in [0.717, 1.165) is 44.7 Å². The minimum Gasteiger partial charge on any atom is -0.456 e. The Morgan fingerprint density at radius 2 is 0.898 bits per heavy atom. The highest BCUT2D eigenvalue weighted by Gasteiger charge is 2.21. The Morgan fingerprint density at radius 1 is 0.339 bits per heavy atom. The zero-order valence-corrected chi connectivity index (χ0v) is 32.1. The zero-order valence-electron chi connectivity index (χ0n) is 32.1. The van der Waals surface area contributed by atoms with E-state index in [1.165, 1.54) is 65.6 Å². The van der Waals surface area contributed by atoms with E-state index in [0.29, 0.717) is 0 Å². The van der Waals surface area contributed by atoms with Crippen LogP contribution in [0.15, 0.2) is 223 Å². The van der Waals surface area contributed by atoms with Crippen molar-refractivity contribution in [2.45, 2.75) is 0 Å². The van der Waals surface area contributed by atoms with Crippen LogP contribution >= 0.6 is 0 Å².